The molecule has 2 N–H and O–H groups in total. The van der Waals surface area contributed by atoms with Gasteiger partial charge in [-0.1, -0.05) is 11.6 Å². The zero-order valence-electron chi connectivity index (χ0n) is 9.02. The van der Waals surface area contributed by atoms with Gasteiger partial charge < -0.3 is 10.4 Å². The van der Waals surface area contributed by atoms with Crippen molar-refractivity contribution >= 4 is 29.1 Å². The van der Waals surface area contributed by atoms with Crippen LogP contribution >= 0.6 is 11.6 Å². The van der Waals surface area contributed by atoms with Crippen molar-refractivity contribution in [1.82, 2.24) is 4.98 Å². The first kappa shape index (κ1) is 12.3. The number of anilines is 2. The molecule has 1 aromatic heterocycles. The van der Waals surface area contributed by atoms with Crippen LogP contribution in [0.4, 0.5) is 15.9 Å². The van der Waals surface area contributed by atoms with Gasteiger partial charge in [-0.05, 0) is 30.3 Å². The molecule has 4 nitrogen and oxygen atoms in total. The molecule has 0 aliphatic carbocycles. The lowest BCUT2D eigenvalue weighted by Gasteiger charge is -2.06. The standard InChI is InChI=1S/C12H8ClFN2O2/c13-9-2-1-8(6-10(9)14)16-11-5-7(12(17)18)3-4-15-11/h1-6H,(H,15,16)(H,17,18). The normalized spacial score (nSPS) is 10.1. The Morgan fingerprint density at radius 2 is 2.11 bits per heavy atom. The summed E-state index contributed by atoms with van der Waals surface area (Å²) in [5, 5.41) is 11.6. The van der Waals surface area contributed by atoms with Crippen LogP contribution in [0.5, 0.6) is 0 Å². The van der Waals surface area contributed by atoms with E-state index in [2.05, 4.69) is 10.3 Å². The molecule has 1 heterocycles. The van der Waals surface area contributed by atoms with Gasteiger partial charge in [-0.2, -0.15) is 0 Å². The van der Waals surface area contributed by atoms with E-state index in [9.17, 15) is 9.18 Å². The van der Waals surface area contributed by atoms with Crippen LogP contribution in [0.25, 0.3) is 0 Å². The number of hydrogen-bond acceptors (Lipinski definition) is 3. The average molecular weight is 267 g/mol. The maximum atomic E-state index is 13.2. The van der Waals surface area contributed by atoms with Gasteiger partial charge >= 0.3 is 5.97 Å². The van der Waals surface area contributed by atoms with E-state index in [-0.39, 0.29) is 10.6 Å². The fourth-order valence-corrected chi connectivity index (χ4v) is 1.47. The maximum absolute atomic E-state index is 13.2. The summed E-state index contributed by atoms with van der Waals surface area (Å²) in [6.45, 7) is 0. The quantitative estimate of drug-likeness (QED) is 0.895. The van der Waals surface area contributed by atoms with Crippen molar-refractivity contribution in [1.29, 1.82) is 0 Å². The summed E-state index contributed by atoms with van der Waals surface area (Å²) >= 11 is 5.55. The minimum Gasteiger partial charge on any atom is -0.478 e. The van der Waals surface area contributed by atoms with Crippen molar-refractivity contribution in [2.24, 2.45) is 0 Å². The smallest absolute Gasteiger partial charge is 0.335 e. The summed E-state index contributed by atoms with van der Waals surface area (Å²) in [7, 11) is 0. The second-order valence-corrected chi connectivity index (χ2v) is 3.90. The lowest BCUT2D eigenvalue weighted by Crippen LogP contribution is -2.00. The van der Waals surface area contributed by atoms with Crippen LogP contribution in [0.15, 0.2) is 36.5 Å². The number of rotatable bonds is 3. The van der Waals surface area contributed by atoms with Gasteiger partial charge in [0, 0.05) is 11.9 Å². The van der Waals surface area contributed by atoms with Crippen LogP contribution in [-0.4, -0.2) is 16.1 Å². The van der Waals surface area contributed by atoms with Crippen LogP contribution in [0.2, 0.25) is 5.02 Å². The van der Waals surface area contributed by atoms with E-state index in [0.717, 1.165) is 0 Å². The van der Waals surface area contributed by atoms with Gasteiger partial charge in [0.05, 0.1) is 10.6 Å². The van der Waals surface area contributed by atoms with Crippen molar-refractivity contribution in [3.8, 4) is 0 Å². The summed E-state index contributed by atoms with van der Waals surface area (Å²) in [4.78, 5) is 14.7. The minimum absolute atomic E-state index is 0.0211. The van der Waals surface area contributed by atoms with E-state index >= 15 is 0 Å². The molecule has 2 rings (SSSR count). The third-order valence-corrected chi connectivity index (χ3v) is 2.51. The Kier molecular flexibility index (Phi) is 3.43. The van der Waals surface area contributed by atoms with Crippen LogP contribution in [0.3, 0.4) is 0 Å². The molecule has 0 atom stereocenters. The highest BCUT2D eigenvalue weighted by Crippen LogP contribution is 2.21. The second-order valence-electron chi connectivity index (χ2n) is 3.49. The summed E-state index contributed by atoms with van der Waals surface area (Å²) in [6.07, 6.45) is 1.36. The van der Waals surface area contributed by atoms with E-state index < -0.39 is 11.8 Å². The fourth-order valence-electron chi connectivity index (χ4n) is 1.35. The molecule has 0 saturated carbocycles. The lowest BCUT2D eigenvalue weighted by molar-refractivity contribution is 0.0697. The highest BCUT2D eigenvalue weighted by atomic mass is 35.5. The number of halogens is 2. The molecule has 92 valence electrons. The Hall–Kier alpha value is -2.14. The van der Waals surface area contributed by atoms with Gasteiger partial charge in [0.2, 0.25) is 0 Å². The van der Waals surface area contributed by atoms with E-state index in [4.69, 9.17) is 16.7 Å². The summed E-state index contributed by atoms with van der Waals surface area (Å²) in [5.41, 5.74) is 0.536. The minimum atomic E-state index is -1.05. The van der Waals surface area contributed by atoms with Crippen LogP contribution in [0.1, 0.15) is 10.4 Å². The molecule has 1 aromatic carbocycles. The predicted molar refractivity (Wildman–Crippen MR) is 65.9 cm³/mol. The molecule has 0 aliphatic heterocycles. The maximum Gasteiger partial charge on any atom is 0.335 e. The number of nitrogens with zero attached hydrogens (tertiary/aromatic N) is 1. The molecule has 0 fully saturated rings. The summed E-state index contributed by atoms with van der Waals surface area (Å²) in [6, 6.07) is 6.91. The van der Waals surface area contributed by atoms with Gasteiger partial charge in [-0.25, -0.2) is 14.2 Å². The molecule has 6 heteroatoms. The average Bonchev–Trinajstić information content (AvgIpc) is 2.34. The number of benzene rings is 1. The van der Waals surface area contributed by atoms with Crippen molar-refractivity contribution in [2.45, 2.75) is 0 Å². The molecule has 2 aromatic rings. The highest BCUT2D eigenvalue weighted by molar-refractivity contribution is 6.30. The monoisotopic (exact) mass is 266 g/mol. The number of carbonyl (C=O) groups is 1. The Labute approximate surface area is 107 Å². The number of pyridine rings is 1. The van der Waals surface area contributed by atoms with Crippen LogP contribution in [0, 0.1) is 5.82 Å². The number of carboxylic acids is 1. The number of nitrogens with one attached hydrogen (secondary N) is 1. The molecular formula is C12H8ClFN2O2. The number of hydrogen-bond donors (Lipinski definition) is 2. The summed E-state index contributed by atoms with van der Waals surface area (Å²) < 4.78 is 13.2. The molecule has 0 unspecified atom stereocenters. The Balaban J connectivity index is 2.25. The van der Waals surface area contributed by atoms with Crippen LogP contribution < -0.4 is 5.32 Å². The van der Waals surface area contributed by atoms with Crippen molar-refractivity contribution in [2.75, 3.05) is 5.32 Å². The first-order chi connectivity index (χ1) is 8.56. The highest BCUT2D eigenvalue weighted by Gasteiger charge is 2.05. The molecule has 0 saturated heterocycles. The number of aromatic nitrogens is 1. The summed E-state index contributed by atoms with van der Waals surface area (Å²) in [5.74, 6) is -1.30. The van der Waals surface area contributed by atoms with Gasteiger partial charge in [-0.3, -0.25) is 0 Å². The van der Waals surface area contributed by atoms with E-state index in [0.29, 0.717) is 11.5 Å². The van der Waals surface area contributed by atoms with E-state index in [1.165, 1.54) is 30.5 Å². The van der Waals surface area contributed by atoms with E-state index in [1.54, 1.807) is 6.07 Å². The second kappa shape index (κ2) is 5.01. The first-order valence-corrected chi connectivity index (χ1v) is 5.35. The zero-order chi connectivity index (χ0) is 13.1. The lowest BCUT2D eigenvalue weighted by atomic mass is 10.2. The number of carboxylic acid groups (broad SMARTS) is 1. The van der Waals surface area contributed by atoms with Gasteiger partial charge in [0.1, 0.15) is 11.6 Å². The van der Waals surface area contributed by atoms with Crippen molar-refractivity contribution in [3.63, 3.8) is 0 Å². The van der Waals surface area contributed by atoms with Gasteiger partial charge in [-0.15, -0.1) is 0 Å². The molecule has 0 aliphatic rings. The molecule has 0 radical (unpaired) electrons. The Morgan fingerprint density at radius 3 is 2.78 bits per heavy atom. The van der Waals surface area contributed by atoms with Gasteiger partial charge in [0.15, 0.2) is 0 Å². The van der Waals surface area contributed by atoms with Crippen molar-refractivity contribution < 1.29 is 14.3 Å². The third-order valence-electron chi connectivity index (χ3n) is 2.20. The molecular weight excluding hydrogens is 259 g/mol. The topological polar surface area (TPSA) is 62.2 Å². The van der Waals surface area contributed by atoms with Gasteiger partial charge in [0.25, 0.3) is 0 Å². The predicted octanol–water partition coefficient (Wildman–Crippen LogP) is 3.32. The van der Waals surface area contributed by atoms with Crippen LogP contribution in [-0.2, 0) is 0 Å². The number of aromatic carboxylic acids is 1. The molecule has 18 heavy (non-hydrogen) atoms. The first-order valence-electron chi connectivity index (χ1n) is 4.97. The largest absolute Gasteiger partial charge is 0.478 e. The zero-order valence-corrected chi connectivity index (χ0v) is 9.78. The molecule has 0 amide bonds. The Bertz CT molecular complexity index is 604. The third kappa shape index (κ3) is 2.75. The van der Waals surface area contributed by atoms with Crippen molar-refractivity contribution in [3.05, 3.63) is 52.9 Å². The van der Waals surface area contributed by atoms with E-state index in [1.807, 2.05) is 0 Å². The molecule has 0 spiro atoms. The fraction of sp³-hybridized carbons (Fsp3) is 0. The Morgan fingerprint density at radius 1 is 1.33 bits per heavy atom. The SMILES string of the molecule is O=C(O)c1ccnc(Nc2ccc(Cl)c(F)c2)c1. The molecule has 0 bridgehead atoms.